The highest BCUT2D eigenvalue weighted by molar-refractivity contribution is 6.01. The molecule has 3 rings (SSSR count). The number of nitrogens with zero attached hydrogens (tertiary/aromatic N) is 4. The lowest BCUT2D eigenvalue weighted by atomic mass is 10.0. The molecule has 0 aliphatic heterocycles. The Bertz CT molecular complexity index is 866. The second kappa shape index (κ2) is 4.91. The number of hydrogen-bond donors (Lipinski definition) is 0. The SMILES string of the molecule is Cn1cccc1C(=O)C(C#N)c1nc2ccccc2n1C. The highest BCUT2D eigenvalue weighted by atomic mass is 16.1. The number of carbonyl (C=O) groups is 1. The van der Waals surface area contributed by atoms with Gasteiger partial charge in [0.15, 0.2) is 5.92 Å². The Kier molecular flexibility index (Phi) is 3.07. The van der Waals surface area contributed by atoms with Crippen LogP contribution >= 0.6 is 0 Å². The summed E-state index contributed by atoms with van der Waals surface area (Å²) in [6.07, 6.45) is 1.79. The van der Waals surface area contributed by atoms with E-state index in [-0.39, 0.29) is 5.78 Å². The number of carbonyl (C=O) groups excluding carboxylic acids is 1. The third-order valence-corrected chi connectivity index (χ3v) is 3.67. The van der Waals surface area contributed by atoms with Crippen molar-refractivity contribution in [1.29, 1.82) is 5.26 Å². The van der Waals surface area contributed by atoms with Crippen LogP contribution in [0.5, 0.6) is 0 Å². The lowest BCUT2D eigenvalue weighted by Gasteiger charge is -2.09. The van der Waals surface area contributed by atoms with Crippen molar-refractivity contribution in [3.63, 3.8) is 0 Å². The highest BCUT2D eigenvalue weighted by Crippen LogP contribution is 2.23. The number of ketones is 1. The Morgan fingerprint density at radius 2 is 2.00 bits per heavy atom. The minimum Gasteiger partial charge on any atom is -0.348 e. The molecular formula is C16H14N4O. The van der Waals surface area contributed by atoms with E-state index in [1.807, 2.05) is 35.9 Å². The number of aromatic nitrogens is 3. The van der Waals surface area contributed by atoms with Crippen molar-refractivity contribution >= 4 is 16.8 Å². The van der Waals surface area contributed by atoms with E-state index in [4.69, 9.17) is 0 Å². The van der Waals surface area contributed by atoms with E-state index in [2.05, 4.69) is 11.1 Å². The smallest absolute Gasteiger partial charge is 0.203 e. The number of hydrogen-bond acceptors (Lipinski definition) is 3. The first-order valence-corrected chi connectivity index (χ1v) is 6.60. The van der Waals surface area contributed by atoms with Crippen LogP contribution in [-0.4, -0.2) is 19.9 Å². The number of fused-ring (bicyclic) bond motifs is 1. The minimum atomic E-state index is -0.906. The number of rotatable bonds is 3. The third-order valence-electron chi connectivity index (χ3n) is 3.67. The van der Waals surface area contributed by atoms with Crippen LogP contribution in [0.25, 0.3) is 11.0 Å². The van der Waals surface area contributed by atoms with Crippen LogP contribution < -0.4 is 0 Å². The summed E-state index contributed by atoms with van der Waals surface area (Å²) >= 11 is 0. The van der Waals surface area contributed by atoms with Gasteiger partial charge in [-0.2, -0.15) is 5.26 Å². The number of Topliss-reactive ketones (excluding diaryl/α,β-unsaturated/α-hetero) is 1. The molecule has 0 aliphatic carbocycles. The molecule has 1 aromatic carbocycles. The zero-order chi connectivity index (χ0) is 15.0. The maximum Gasteiger partial charge on any atom is 0.203 e. The minimum absolute atomic E-state index is 0.233. The summed E-state index contributed by atoms with van der Waals surface area (Å²) in [5.74, 6) is -0.663. The number of imidazole rings is 1. The van der Waals surface area contributed by atoms with E-state index in [0.29, 0.717) is 11.5 Å². The second-order valence-electron chi connectivity index (χ2n) is 4.95. The Balaban J connectivity index is 2.11. The van der Waals surface area contributed by atoms with Gasteiger partial charge in [-0.3, -0.25) is 4.79 Å². The van der Waals surface area contributed by atoms with E-state index in [0.717, 1.165) is 11.0 Å². The van der Waals surface area contributed by atoms with Gasteiger partial charge in [0, 0.05) is 20.3 Å². The molecule has 1 atom stereocenters. The van der Waals surface area contributed by atoms with E-state index in [1.54, 1.807) is 29.9 Å². The third kappa shape index (κ3) is 2.01. The van der Waals surface area contributed by atoms with E-state index in [1.165, 1.54) is 0 Å². The molecule has 0 N–H and O–H groups in total. The number of aryl methyl sites for hydroxylation is 2. The predicted molar refractivity (Wildman–Crippen MR) is 78.8 cm³/mol. The highest BCUT2D eigenvalue weighted by Gasteiger charge is 2.28. The maximum absolute atomic E-state index is 12.6. The van der Waals surface area contributed by atoms with Crippen LogP contribution in [-0.2, 0) is 14.1 Å². The van der Waals surface area contributed by atoms with Crippen molar-refractivity contribution in [2.24, 2.45) is 14.1 Å². The van der Waals surface area contributed by atoms with Gasteiger partial charge in [-0.15, -0.1) is 0 Å². The van der Waals surface area contributed by atoms with Gasteiger partial charge in [0.05, 0.1) is 22.8 Å². The van der Waals surface area contributed by atoms with Crippen LogP contribution in [0.4, 0.5) is 0 Å². The molecule has 0 fully saturated rings. The van der Waals surface area contributed by atoms with Crippen LogP contribution in [0.2, 0.25) is 0 Å². The van der Waals surface area contributed by atoms with Gasteiger partial charge in [-0.05, 0) is 24.3 Å². The molecule has 5 heteroatoms. The molecule has 0 spiro atoms. The van der Waals surface area contributed by atoms with E-state index in [9.17, 15) is 10.1 Å². The molecule has 0 saturated heterocycles. The van der Waals surface area contributed by atoms with Gasteiger partial charge in [0.25, 0.3) is 0 Å². The van der Waals surface area contributed by atoms with Gasteiger partial charge in [0.1, 0.15) is 5.82 Å². The fourth-order valence-electron chi connectivity index (χ4n) is 2.52. The second-order valence-corrected chi connectivity index (χ2v) is 4.95. The van der Waals surface area contributed by atoms with Crippen molar-refractivity contribution < 1.29 is 4.79 Å². The molecule has 0 aliphatic rings. The Hall–Kier alpha value is -2.87. The summed E-state index contributed by atoms with van der Waals surface area (Å²) < 4.78 is 3.53. The maximum atomic E-state index is 12.6. The first-order valence-electron chi connectivity index (χ1n) is 6.60. The Labute approximate surface area is 122 Å². The van der Waals surface area contributed by atoms with Crippen molar-refractivity contribution in [3.8, 4) is 6.07 Å². The van der Waals surface area contributed by atoms with Crippen LogP contribution in [0.1, 0.15) is 22.2 Å². The number of para-hydroxylation sites is 2. The fourth-order valence-corrected chi connectivity index (χ4v) is 2.52. The van der Waals surface area contributed by atoms with E-state index < -0.39 is 5.92 Å². The van der Waals surface area contributed by atoms with Crippen molar-refractivity contribution in [1.82, 2.24) is 14.1 Å². The summed E-state index contributed by atoms with van der Waals surface area (Å²) in [5, 5.41) is 9.46. The summed E-state index contributed by atoms with van der Waals surface area (Å²) in [6, 6.07) is 13.2. The molecule has 2 heterocycles. The molecule has 0 amide bonds. The summed E-state index contributed by atoms with van der Waals surface area (Å²) in [6.45, 7) is 0. The lowest BCUT2D eigenvalue weighted by molar-refractivity contribution is 0.0967. The normalized spacial score (nSPS) is 12.2. The first-order chi connectivity index (χ1) is 10.1. The molecule has 2 aromatic heterocycles. The summed E-state index contributed by atoms with van der Waals surface area (Å²) in [4.78, 5) is 17.0. The molecule has 0 radical (unpaired) electrons. The van der Waals surface area contributed by atoms with Crippen molar-refractivity contribution in [3.05, 3.63) is 54.1 Å². The van der Waals surface area contributed by atoms with Gasteiger partial charge in [-0.1, -0.05) is 12.1 Å². The van der Waals surface area contributed by atoms with Gasteiger partial charge >= 0.3 is 0 Å². The fraction of sp³-hybridized carbons (Fsp3) is 0.188. The lowest BCUT2D eigenvalue weighted by Crippen LogP contribution is -2.17. The predicted octanol–water partition coefficient (Wildman–Crippen LogP) is 2.40. The van der Waals surface area contributed by atoms with Gasteiger partial charge < -0.3 is 9.13 Å². The van der Waals surface area contributed by atoms with Crippen molar-refractivity contribution in [2.45, 2.75) is 5.92 Å². The first kappa shape index (κ1) is 13.1. The van der Waals surface area contributed by atoms with Crippen LogP contribution in [0.15, 0.2) is 42.6 Å². The topological polar surface area (TPSA) is 63.6 Å². The number of nitriles is 1. The zero-order valence-corrected chi connectivity index (χ0v) is 11.8. The van der Waals surface area contributed by atoms with Gasteiger partial charge in [-0.25, -0.2) is 4.98 Å². The standard InChI is InChI=1S/C16H14N4O/c1-19-9-5-8-14(19)15(21)11(10-17)16-18-12-6-3-4-7-13(12)20(16)2/h3-9,11H,1-2H3. The monoisotopic (exact) mass is 278 g/mol. The quantitative estimate of drug-likeness (QED) is 0.691. The van der Waals surface area contributed by atoms with Crippen molar-refractivity contribution in [2.75, 3.05) is 0 Å². The molecule has 3 aromatic rings. The molecule has 1 unspecified atom stereocenters. The van der Waals surface area contributed by atoms with Crippen LogP contribution in [0.3, 0.4) is 0 Å². The molecular weight excluding hydrogens is 264 g/mol. The van der Waals surface area contributed by atoms with Crippen LogP contribution in [0, 0.1) is 11.3 Å². The molecule has 21 heavy (non-hydrogen) atoms. The molecule has 0 bridgehead atoms. The Morgan fingerprint density at radius 1 is 1.24 bits per heavy atom. The average molecular weight is 278 g/mol. The zero-order valence-electron chi connectivity index (χ0n) is 11.8. The number of benzene rings is 1. The summed E-state index contributed by atoms with van der Waals surface area (Å²) in [5.41, 5.74) is 2.20. The average Bonchev–Trinajstić information content (AvgIpc) is 3.05. The molecule has 104 valence electrons. The largest absolute Gasteiger partial charge is 0.348 e. The Morgan fingerprint density at radius 3 is 2.62 bits per heavy atom. The molecule has 5 nitrogen and oxygen atoms in total. The molecule has 0 saturated carbocycles. The summed E-state index contributed by atoms with van der Waals surface area (Å²) in [7, 11) is 3.61. The van der Waals surface area contributed by atoms with E-state index >= 15 is 0 Å². The van der Waals surface area contributed by atoms with Gasteiger partial charge in [0.2, 0.25) is 5.78 Å².